The highest BCUT2D eigenvalue weighted by Gasteiger charge is 2.44. The summed E-state index contributed by atoms with van der Waals surface area (Å²) in [7, 11) is -2.41. The summed E-state index contributed by atoms with van der Waals surface area (Å²) in [5.41, 5.74) is 0.600. The number of nitrogens with two attached hydrogens (primary N) is 1. The van der Waals surface area contributed by atoms with Gasteiger partial charge < -0.3 is 25.4 Å². The van der Waals surface area contributed by atoms with Crippen molar-refractivity contribution in [3.63, 3.8) is 0 Å². The number of halogens is 5. The predicted octanol–water partition coefficient (Wildman–Crippen LogP) is 4.24. The largest absolute Gasteiger partial charge is 0.489 e. The lowest BCUT2D eigenvalue weighted by Crippen LogP contribution is -2.53. The molecule has 0 bridgehead atoms. The van der Waals surface area contributed by atoms with Gasteiger partial charge in [-0.1, -0.05) is 24.0 Å². The second-order valence-corrected chi connectivity index (χ2v) is 12.4. The van der Waals surface area contributed by atoms with Gasteiger partial charge in [-0.15, -0.1) is 11.3 Å². The van der Waals surface area contributed by atoms with E-state index in [1.54, 1.807) is 13.1 Å². The second kappa shape index (κ2) is 12.6. The van der Waals surface area contributed by atoms with Gasteiger partial charge in [0.15, 0.2) is 0 Å². The van der Waals surface area contributed by atoms with E-state index < -0.39 is 41.1 Å². The van der Waals surface area contributed by atoms with Crippen molar-refractivity contribution >= 4 is 42.8 Å². The number of sulfonamides is 1. The van der Waals surface area contributed by atoms with Crippen molar-refractivity contribution in [2.24, 2.45) is 5.14 Å². The summed E-state index contributed by atoms with van der Waals surface area (Å²) in [5, 5.41) is 20.3. The molecule has 228 valence electrons. The zero-order chi connectivity index (χ0) is 30.7. The molecule has 15 heteroatoms. The van der Waals surface area contributed by atoms with Crippen molar-refractivity contribution in [2.45, 2.75) is 35.9 Å². The van der Waals surface area contributed by atoms with Crippen LogP contribution in [0.1, 0.15) is 16.9 Å². The Hall–Kier alpha value is -3.16. The standard InChI is InChI=1S/C27H29F5N4O4S2/c1-36-11-9-24(26(28,29)16-36)35-21-5-2-4-18-19(15-27(30,31)32)23(41-25(18)21)6-3-10-34-20-8-7-17(42(33,38)39)14-22(20)40-13-12-37/h2,4-5,7-8,14,24,34-35,37H,9-13,15-16H2,1H3,(H2,33,38,39). The van der Waals surface area contributed by atoms with Crippen molar-refractivity contribution in [2.75, 3.05) is 50.5 Å². The summed E-state index contributed by atoms with van der Waals surface area (Å²) in [4.78, 5) is 1.47. The third-order valence-corrected chi connectivity index (χ3v) is 8.62. The summed E-state index contributed by atoms with van der Waals surface area (Å²) in [6, 6.07) is 7.26. The maximum atomic E-state index is 14.7. The predicted molar refractivity (Wildman–Crippen MR) is 152 cm³/mol. The average molecular weight is 633 g/mol. The van der Waals surface area contributed by atoms with E-state index >= 15 is 0 Å². The molecule has 3 aromatic rings. The fraction of sp³-hybridized carbons (Fsp3) is 0.407. The Bertz CT molecular complexity index is 1600. The third-order valence-electron chi connectivity index (χ3n) is 6.51. The number of hydrogen-bond donors (Lipinski definition) is 4. The summed E-state index contributed by atoms with van der Waals surface area (Å²) < 4.78 is 99.2. The van der Waals surface area contributed by atoms with Crippen LogP contribution in [0.2, 0.25) is 0 Å². The number of hydrogen-bond acceptors (Lipinski definition) is 8. The van der Waals surface area contributed by atoms with Crippen LogP contribution in [0.5, 0.6) is 5.75 Å². The van der Waals surface area contributed by atoms with E-state index in [0.717, 1.165) is 11.3 Å². The van der Waals surface area contributed by atoms with Crippen LogP contribution in [0.15, 0.2) is 41.3 Å². The average Bonchev–Trinajstić information content (AvgIpc) is 3.23. The smallest absolute Gasteiger partial charge is 0.393 e. The Balaban J connectivity index is 1.62. The van der Waals surface area contributed by atoms with Crippen molar-refractivity contribution in [3.8, 4) is 17.6 Å². The Morgan fingerprint density at radius 2 is 2.00 bits per heavy atom. The van der Waals surface area contributed by atoms with Crippen LogP contribution in [-0.4, -0.2) is 76.5 Å². The van der Waals surface area contributed by atoms with E-state index in [1.807, 2.05) is 0 Å². The maximum Gasteiger partial charge on any atom is 0.393 e. The van der Waals surface area contributed by atoms with Crippen LogP contribution in [0.4, 0.5) is 33.3 Å². The molecule has 1 fully saturated rings. The molecule has 1 aliphatic heterocycles. The number of benzene rings is 2. The van der Waals surface area contributed by atoms with Crippen LogP contribution < -0.4 is 20.5 Å². The molecular formula is C27H29F5N4O4S2. The van der Waals surface area contributed by atoms with E-state index in [-0.39, 0.29) is 52.7 Å². The highest BCUT2D eigenvalue weighted by molar-refractivity contribution is 7.89. The van der Waals surface area contributed by atoms with Gasteiger partial charge in [0, 0.05) is 12.6 Å². The van der Waals surface area contributed by atoms with Crippen LogP contribution in [0, 0.1) is 11.8 Å². The van der Waals surface area contributed by atoms with E-state index in [0.29, 0.717) is 22.6 Å². The molecule has 4 rings (SSSR count). The molecule has 8 nitrogen and oxygen atoms in total. The first kappa shape index (κ1) is 31.8. The van der Waals surface area contributed by atoms with Gasteiger partial charge in [0.05, 0.1) is 58.0 Å². The topological polar surface area (TPSA) is 117 Å². The highest BCUT2D eigenvalue weighted by atomic mass is 32.2. The molecule has 5 N–H and O–H groups in total. The molecule has 0 radical (unpaired) electrons. The zero-order valence-electron chi connectivity index (χ0n) is 22.4. The Labute approximate surface area is 243 Å². The van der Waals surface area contributed by atoms with Gasteiger partial charge in [0.25, 0.3) is 5.92 Å². The summed E-state index contributed by atoms with van der Waals surface area (Å²) in [6.45, 7) is -0.493. The normalized spacial score (nSPS) is 17.5. The maximum absolute atomic E-state index is 14.7. The van der Waals surface area contributed by atoms with Gasteiger partial charge in [0.2, 0.25) is 10.0 Å². The number of aliphatic hydroxyl groups is 1. The molecule has 0 spiro atoms. The minimum absolute atomic E-state index is 0.0433. The SMILES string of the molecule is CN1CCC(Nc2cccc3c(CC(F)(F)F)c(C#CCNc4ccc(S(N)(=O)=O)cc4OCCO)sc23)C(F)(F)C1. The number of likely N-dealkylation sites (tertiary alicyclic amines) is 1. The Morgan fingerprint density at radius 3 is 2.67 bits per heavy atom. The van der Waals surface area contributed by atoms with Crippen LogP contribution >= 0.6 is 11.3 Å². The summed E-state index contributed by atoms with van der Waals surface area (Å²) in [5.74, 6) is 2.60. The second-order valence-electron chi connectivity index (χ2n) is 9.80. The molecule has 0 saturated carbocycles. The number of rotatable bonds is 9. The lowest BCUT2D eigenvalue weighted by molar-refractivity contribution is -0.126. The number of nitrogens with one attached hydrogen (secondary N) is 2. The molecule has 0 aliphatic carbocycles. The van der Waals surface area contributed by atoms with Crippen LogP contribution in [-0.2, 0) is 16.4 Å². The molecule has 1 unspecified atom stereocenters. The zero-order valence-corrected chi connectivity index (χ0v) is 24.0. The first-order valence-corrected chi connectivity index (χ1v) is 15.1. The monoisotopic (exact) mass is 632 g/mol. The van der Waals surface area contributed by atoms with Crippen molar-refractivity contribution in [3.05, 3.63) is 46.8 Å². The number of thiophene rings is 1. The summed E-state index contributed by atoms with van der Waals surface area (Å²) >= 11 is 0.993. The number of primary sulfonamides is 1. The Kier molecular flexibility index (Phi) is 9.53. The minimum Gasteiger partial charge on any atom is -0.489 e. The van der Waals surface area contributed by atoms with E-state index in [1.165, 1.54) is 35.2 Å². The number of alkyl halides is 5. The van der Waals surface area contributed by atoms with E-state index in [2.05, 4.69) is 22.5 Å². The van der Waals surface area contributed by atoms with Gasteiger partial charge in [-0.25, -0.2) is 22.3 Å². The van der Waals surface area contributed by atoms with Crippen LogP contribution in [0.25, 0.3) is 10.1 Å². The van der Waals surface area contributed by atoms with Gasteiger partial charge in [-0.2, -0.15) is 13.2 Å². The fourth-order valence-corrected chi connectivity index (χ4v) is 6.30. The molecule has 1 atom stereocenters. The first-order valence-electron chi connectivity index (χ1n) is 12.8. The molecule has 2 aromatic carbocycles. The number of anilines is 2. The summed E-state index contributed by atoms with van der Waals surface area (Å²) in [6.07, 6.45) is -5.61. The van der Waals surface area contributed by atoms with Gasteiger partial charge in [-0.05, 0) is 42.6 Å². The van der Waals surface area contributed by atoms with Crippen molar-refractivity contribution < 1.29 is 40.2 Å². The highest BCUT2D eigenvalue weighted by Crippen LogP contribution is 2.40. The molecule has 2 heterocycles. The lowest BCUT2D eigenvalue weighted by atomic mass is 10.0. The first-order chi connectivity index (χ1) is 19.7. The molecule has 0 amide bonds. The van der Waals surface area contributed by atoms with Gasteiger partial charge in [-0.3, -0.25) is 0 Å². The van der Waals surface area contributed by atoms with Crippen molar-refractivity contribution in [1.29, 1.82) is 0 Å². The van der Waals surface area contributed by atoms with E-state index in [9.17, 15) is 30.4 Å². The van der Waals surface area contributed by atoms with E-state index in [4.69, 9.17) is 15.0 Å². The van der Waals surface area contributed by atoms with Crippen molar-refractivity contribution in [1.82, 2.24) is 4.90 Å². The quantitative estimate of drug-likeness (QED) is 0.206. The number of ether oxygens (including phenoxy) is 1. The number of nitrogens with zero attached hydrogens (tertiary/aromatic N) is 1. The molecular weight excluding hydrogens is 603 g/mol. The molecule has 1 aromatic heterocycles. The third kappa shape index (κ3) is 7.81. The number of piperidine rings is 1. The van der Waals surface area contributed by atoms with Gasteiger partial charge in [0.1, 0.15) is 12.4 Å². The van der Waals surface area contributed by atoms with Crippen LogP contribution in [0.3, 0.4) is 0 Å². The van der Waals surface area contributed by atoms with Gasteiger partial charge >= 0.3 is 6.18 Å². The molecule has 1 saturated heterocycles. The minimum atomic E-state index is -4.53. The molecule has 42 heavy (non-hydrogen) atoms. The Morgan fingerprint density at radius 1 is 1.24 bits per heavy atom. The molecule has 1 aliphatic rings. The lowest BCUT2D eigenvalue weighted by Gasteiger charge is -2.37. The number of fused-ring (bicyclic) bond motifs is 1. The number of aliphatic hydroxyl groups excluding tert-OH is 1. The fourth-order valence-electron chi connectivity index (χ4n) is 4.60.